The monoisotopic (exact) mass is 637 g/mol. The highest BCUT2D eigenvalue weighted by molar-refractivity contribution is 6.22. The molecule has 0 aliphatic rings. The number of hydrogen-bond donors (Lipinski definition) is 0. The third-order valence-electron chi connectivity index (χ3n) is 10.2. The number of furan rings is 1. The molecule has 0 saturated heterocycles. The second-order valence-corrected chi connectivity index (χ2v) is 13.1. The molecule has 2 heteroatoms. The van der Waals surface area contributed by atoms with Gasteiger partial charge in [0, 0.05) is 22.0 Å². The average Bonchev–Trinajstić information content (AvgIpc) is 3.54. The maximum atomic E-state index is 6.42. The number of hydrogen-bond acceptors (Lipinski definition) is 2. The second-order valence-electron chi connectivity index (χ2n) is 13.1. The Morgan fingerprint density at radius 1 is 0.380 bits per heavy atom. The number of fused-ring (bicyclic) bond motifs is 6. The molecule has 0 saturated carbocycles. The third kappa shape index (κ3) is 4.46. The van der Waals surface area contributed by atoms with Crippen LogP contribution in [-0.2, 0) is 0 Å². The minimum atomic E-state index is 0.682. The van der Waals surface area contributed by atoms with Crippen molar-refractivity contribution in [3.8, 4) is 44.5 Å². The van der Waals surface area contributed by atoms with Gasteiger partial charge in [-0.25, -0.2) is 4.98 Å². The molecule has 0 fully saturated rings. The Labute approximate surface area is 289 Å². The van der Waals surface area contributed by atoms with E-state index in [1.165, 1.54) is 65.7 Å². The van der Waals surface area contributed by atoms with Gasteiger partial charge in [0.15, 0.2) is 0 Å². The van der Waals surface area contributed by atoms with Gasteiger partial charge in [0.25, 0.3) is 0 Å². The predicted molar refractivity (Wildman–Crippen MR) is 211 cm³/mol. The Morgan fingerprint density at radius 2 is 0.940 bits per heavy atom. The summed E-state index contributed by atoms with van der Waals surface area (Å²) >= 11 is 0. The first kappa shape index (κ1) is 28.5. The van der Waals surface area contributed by atoms with Gasteiger partial charge in [-0.1, -0.05) is 146 Å². The van der Waals surface area contributed by atoms with E-state index >= 15 is 0 Å². The summed E-state index contributed by atoms with van der Waals surface area (Å²) in [6.45, 7) is 2.00. The Kier molecular flexibility index (Phi) is 6.43. The van der Waals surface area contributed by atoms with Gasteiger partial charge < -0.3 is 4.42 Å². The van der Waals surface area contributed by atoms with Gasteiger partial charge in [-0.15, -0.1) is 0 Å². The highest BCUT2D eigenvalue weighted by atomic mass is 16.3. The molecule has 2 nitrogen and oxygen atoms in total. The largest absolute Gasteiger partial charge is 0.437 e. The Balaban J connectivity index is 1.18. The van der Waals surface area contributed by atoms with Gasteiger partial charge in [0.05, 0.1) is 0 Å². The lowest BCUT2D eigenvalue weighted by atomic mass is 9.85. The summed E-state index contributed by atoms with van der Waals surface area (Å²) in [5.41, 5.74) is 12.1. The van der Waals surface area contributed by atoms with E-state index in [2.05, 4.69) is 169 Å². The van der Waals surface area contributed by atoms with Crippen LogP contribution in [0.4, 0.5) is 0 Å². The standard InChI is InChI=1S/C48H31NO/c1-30-24-26-44-43-23-11-22-38(47(43)50-48(44)49-30)33-14-9-16-34(29-33)45-39-17-5-7-19-41(39)46(42-20-8-6-18-40(42)45)35-25-27-37-32(28-35)15-10-21-36(37)31-12-3-2-4-13-31/h2-29H,1H3. The van der Waals surface area contributed by atoms with Crippen LogP contribution < -0.4 is 0 Å². The van der Waals surface area contributed by atoms with Crippen LogP contribution in [-0.4, -0.2) is 4.98 Å². The van der Waals surface area contributed by atoms with E-state index < -0.39 is 0 Å². The molecule has 0 spiro atoms. The fraction of sp³-hybridized carbons (Fsp3) is 0.0208. The van der Waals surface area contributed by atoms with E-state index in [1.54, 1.807) is 0 Å². The molecular weight excluding hydrogens is 607 g/mol. The van der Waals surface area contributed by atoms with E-state index in [1.807, 2.05) is 13.0 Å². The zero-order valence-electron chi connectivity index (χ0n) is 27.5. The minimum absolute atomic E-state index is 0.682. The van der Waals surface area contributed by atoms with Crippen LogP contribution in [0.5, 0.6) is 0 Å². The van der Waals surface area contributed by atoms with Crippen LogP contribution in [0.2, 0.25) is 0 Å². The topological polar surface area (TPSA) is 26.0 Å². The maximum Gasteiger partial charge on any atom is 0.227 e. The van der Waals surface area contributed by atoms with Crippen LogP contribution in [0.25, 0.3) is 98.9 Å². The molecule has 0 bridgehead atoms. The zero-order valence-corrected chi connectivity index (χ0v) is 27.5. The van der Waals surface area contributed by atoms with E-state index in [-0.39, 0.29) is 0 Å². The first-order valence-electron chi connectivity index (χ1n) is 17.1. The molecule has 0 unspecified atom stereocenters. The van der Waals surface area contributed by atoms with Crippen molar-refractivity contribution in [2.24, 2.45) is 0 Å². The maximum absolute atomic E-state index is 6.42. The number of pyridine rings is 1. The van der Waals surface area contributed by atoms with E-state index in [4.69, 9.17) is 4.42 Å². The van der Waals surface area contributed by atoms with Crippen LogP contribution in [0.3, 0.4) is 0 Å². The molecule has 8 aromatic carbocycles. The highest BCUT2D eigenvalue weighted by Gasteiger charge is 2.19. The summed E-state index contributed by atoms with van der Waals surface area (Å²) in [6.07, 6.45) is 0. The molecule has 0 N–H and O–H groups in total. The van der Waals surface area contributed by atoms with Crippen molar-refractivity contribution in [3.05, 3.63) is 176 Å². The van der Waals surface area contributed by atoms with Crippen LogP contribution in [0, 0.1) is 6.92 Å². The van der Waals surface area contributed by atoms with Gasteiger partial charge in [-0.2, -0.15) is 0 Å². The molecule has 2 aromatic heterocycles. The molecule has 0 aliphatic heterocycles. The fourth-order valence-corrected chi connectivity index (χ4v) is 7.90. The van der Waals surface area contributed by atoms with E-state index in [9.17, 15) is 0 Å². The summed E-state index contributed by atoms with van der Waals surface area (Å²) in [6, 6.07) is 61.4. The Morgan fingerprint density at radius 3 is 1.68 bits per heavy atom. The summed E-state index contributed by atoms with van der Waals surface area (Å²) in [5.74, 6) is 0. The average molecular weight is 638 g/mol. The number of aromatic nitrogens is 1. The van der Waals surface area contributed by atoms with Crippen molar-refractivity contribution in [2.75, 3.05) is 0 Å². The van der Waals surface area contributed by atoms with Gasteiger partial charge in [-0.05, 0) is 102 Å². The predicted octanol–water partition coefficient (Wildman–Crippen LogP) is 13.4. The molecule has 0 radical (unpaired) electrons. The minimum Gasteiger partial charge on any atom is -0.437 e. The molecule has 0 aliphatic carbocycles. The normalized spacial score (nSPS) is 11.7. The van der Waals surface area contributed by atoms with Gasteiger partial charge in [-0.3, -0.25) is 0 Å². The molecule has 50 heavy (non-hydrogen) atoms. The van der Waals surface area contributed by atoms with Crippen molar-refractivity contribution < 1.29 is 4.42 Å². The van der Waals surface area contributed by atoms with E-state index in [0.717, 1.165) is 33.2 Å². The van der Waals surface area contributed by atoms with E-state index in [0.29, 0.717) is 5.71 Å². The number of benzene rings is 8. The first-order chi connectivity index (χ1) is 24.7. The van der Waals surface area contributed by atoms with Crippen LogP contribution >= 0.6 is 0 Å². The SMILES string of the molecule is Cc1ccc2c(n1)oc1c(-c3cccc(-c4c5ccccc5c(-c5ccc6c(-c7ccccc7)cccc6c5)c5ccccc45)c3)cccc12. The quantitative estimate of drug-likeness (QED) is 0.180. The van der Waals surface area contributed by atoms with Crippen molar-refractivity contribution in [1.82, 2.24) is 4.98 Å². The highest BCUT2D eigenvalue weighted by Crippen LogP contribution is 2.45. The van der Waals surface area contributed by atoms with Gasteiger partial charge in [0.1, 0.15) is 5.58 Å². The van der Waals surface area contributed by atoms with Gasteiger partial charge >= 0.3 is 0 Å². The number of aryl methyl sites for hydroxylation is 1. The molecular formula is C48H31NO. The lowest BCUT2D eigenvalue weighted by Gasteiger charge is -2.19. The van der Waals surface area contributed by atoms with Crippen molar-refractivity contribution in [3.63, 3.8) is 0 Å². The Bertz CT molecular complexity index is 2880. The van der Waals surface area contributed by atoms with Crippen molar-refractivity contribution >= 4 is 54.4 Å². The molecule has 2 heterocycles. The molecule has 0 atom stereocenters. The molecule has 10 rings (SSSR count). The summed E-state index contributed by atoms with van der Waals surface area (Å²) in [7, 11) is 0. The smallest absolute Gasteiger partial charge is 0.227 e. The van der Waals surface area contributed by atoms with Crippen molar-refractivity contribution in [2.45, 2.75) is 6.92 Å². The number of para-hydroxylation sites is 1. The lowest BCUT2D eigenvalue weighted by Crippen LogP contribution is -1.91. The Hall–Kier alpha value is -6.51. The fourth-order valence-electron chi connectivity index (χ4n) is 7.90. The third-order valence-corrected chi connectivity index (χ3v) is 10.2. The number of rotatable bonds is 4. The molecule has 234 valence electrons. The van der Waals surface area contributed by atoms with Crippen LogP contribution in [0.1, 0.15) is 5.69 Å². The summed E-state index contributed by atoms with van der Waals surface area (Å²) in [5, 5.41) is 9.57. The van der Waals surface area contributed by atoms with Gasteiger partial charge in [0.2, 0.25) is 5.71 Å². The summed E-state index contributed by atoms with van der Waals surface area (Å²) in [4.78, 5) is 4.68. The molecule has 10 aromatic rings. The van der Waals surface area contributed by atoms with Crippen molar-refractivity contribution in [1.29, 1.82) is 0 Å². The summed E-state index contributed by atoms with van der Waals surface area (Å²) < 4.78 is 6.42. The lowest BCUT2D eigenvalue weighted by molar-refractivity contribution is 0.653. The molecule has 0 amide bonds. The second kappa shape index (κ2) is 11.3. The van der Waals surface area contributed by atoms with Crippen LogP contribution in [0.15, 0.2) is 174 Å². The number of nitrogens with zero attached hydrogens (tertiary/aromatic N) is 1. The zero-order chi connectivity index (χ0) is 33.2. The first-order valence-corrected chi connectivity index (χ1v) is 17.1.